The normalized spacial score (nSPS) is 23.3. The molecule has 14 heavy (non-hydrogen) atoms. The Morgan fingerprint density at radius 3 is 3.00 bits per heavy atom. The number of hydrogen-bond acceptors (Lipinski definition) is 5. The van der Waals surface area contributed by atoms with Gasteiger partial charge in [-0.2, -0.15) is 0 Å². The molecule has 0 atom stereocenters. The predicted molar refractivity (Wildman–Crippen MR) is 60.0 cm³/mol. The number of nitrogens with zero attached hydrogens (tertiary/aromatic N) is 2. The number of nitrogens with one attached hydrogen (secondary N) is 1. The Morgan fingerprint density at radius 1 is 1.43 bits per heavy atom. The Hall–Kier alpha value is -0.260. The lowest BCUT2D eigenvalue weighted by molar-refractivity contribution is 0.0410. The van der Waals surface area contributed by atoms with E-state index < -0.39 is 0 Å². The van der Waals surface area contributed by atoms with Crippen molar-refractivity contribution in [2.45, 2.75) is 0 Å². The summed E-state index contributed by atoms with van der Waals surface area (Å²) in [6, 6.07) is 0. The van der Waals surface area contributed by atoms with E-state index in [0.717, 1.165) is 56.9 Å². The van der Waals surface area contributed by atoms with E-state index >= 15 is 0 Å². The van der Waals surface area contributed by atoms with Crippen molar-refractivity contribution in [1.29, 1.82) is 0 Å². The van der Waals surface area contributed by atoms with E-state index in [9.17, 15) is 0 Å². The molecule has 0 aliphatic carbocycles. The van der Waals surface area contributed by atoms with Crippen LogP contribution < -0.4 is 5.32 Å². The molecule has 0 aromatic heterocycles. The number of morpholine rings is 1. The fraction of sp³-hybridized carbons (Fsp3) is 0.889. The average Bonchev–Trinajstić information content (AvgIpc) is 2.72. The second-order valence-corrected chi connectivity index (χ2v) is 4.50. The number of amidine groups is 1. The van der Waals surface area contributed by atoms with Crippen molar-refractivity contribution >= 4 is 16.9 Å². The van der Waals surface area contributed by atoms with Gasteiger partial charge in [-0.1, -0.05) is 11.8 Å². The third-order valence-electron chi connectivity index (χ3n) is 2.39. The minimum absolute atomic E-state index is 0.893. The van der Waals surface area contributed by atoms with Crippen molar-refractivity contribution in [3.8, 4) is 0 Å². The van der Waals surface area contributed by atoms with Crippen LogP contribution in [-0.4, -0.2) is 61.8 Å². The molecule has 2 rings (SSSR count). The van der Waals surface area contributed by atoms with Crippen molar-refractivity contribution < 1.29 is 4.74 Å². The smallest absolute Gasteiger partial charge is 0.156 e. The highest BCUT2D eigenvalue weighted by atomic mass is 32.2. The molecule has 1 N–H and O–H groups in total. The molecule has 2 heterocycles. The standard InChI is InChI=1S/C9H17N3OS/c1-2-11-9(10-1)14-8-5-12-3-6-13-7-4-12/h1-8H2,(H,10,11). The number of aliphatic imine (C=N–C) groups is 1. The molecule has 0 unspecified atom stereocenters. The molecule has 0 spiro atoms. The van der Waals surface area contributed by atoms with Crippen LogP contribution in [0.15, 0.2) is 4.99 Å². The van der Waals surface area contributed by atoms with Gasteiger partial charge in [-0.15, -0.1) is 0 Å². The molecule has 0 bridgehead atoms. The van der Waals surface area contributed by atoms with Crippen molar-refractivity contribution in [3.05, 3.63) is 0 Å². The van der Waals surface area contributed by atoms with Gasteiger partial charge >= 0.3 is 0 Å². The van der Waals surface area contributed by atoms with Gasteiger partial charge in [0.1, 0.15) is 0 Å². The van der Waals surface area contributed by atoms with Crippen LogP contribution in [0.4, 0.5) is 0 Å². The van der Waals surface area contributed by atoms with Crippen LogP contribution in [0.3, 0.4) is 0 Å². The lowest BCUT2D eigenvalue weighted by atomic mass is 10.4. The van der Waals surface area contributed by atoms with E-state index in [1.807, 2.05) is 11.8 Å². The molecule has 2 aliphatic heterocycles. The summed E-state index contributed by atoms with van der Waals surface area (Å²) in [5, 5.41) is 4.39. The van der Waals surface area contributed by atoms with Crippen molar-refractivity contribution in [3.63, 3.8) is 0 Å². The quantitative estimate of drug-likeness (QED) is 0.719. The highest BCUT2D eigenvalue weighted by molar-refractivity contribution is 8.13. The molecule has 0 amide bonds. The zero-order chi connectivity index (χ0) is 9.64. The van der Waals surface area contributed by atoms with Crippen LogP contribution in [0.5, 0.6) is 0 Å². The lowest BCUT2D eigenvalue weighted by Gasteiger charge is -2.26. The van der Waals surface area contributed by atoms with Crippen LogP contribution in [0.1, 0.15) is 0 Å². The third-order valence-corrected chi connectivity index (χ3v) is 3.33. The molecule has 1 saturated heterocycles. The second-order valence-electron chi connectivity index (χ2n) is 3.42. The van der Waals surface area contributed by atoms with Gasteiger partial charge in [0.25, 0.3) is 0 Å². The maximum atomic E-state index is 5.29. The number of thioether (sulfide) groups is 1. The lowest BCUT2D eigenvalue weighted by Crippen LogP contribution is -2.37. The molecular formula is C9H17N3OS. The van der Waals surface area contributed by atoms with E-state index in [1.165, 1.54) is 0 Å². The van der Waals surface area contributed by atoms with Crippen molar-refractivity contribution in [2.24, 2.45) is 4.99 Å². The molecule has 0 aromatic rings. The third kappa shape index (κ3) is 3.15. The summed E-state index contributed by atoms with van der Waals surface area (Å²) in [4.78, 5) is 6.79. The minimum Gasteiger partial charge on any atom is -0.379 e. The second kappa shape index (κ2) is 5.58. The Labute approximate surface area is 89.1 Å². The monoisotopic (exact) mass is 215 g/mol. The Bertz CT molecular complexity index is 204. The van der Waals surface area contributed by atoms with Gasteiger partial charge in [-0.25, -0.2) is 0 Å². The summed E-state index contributed by atoms with van der Waals surface area (Å²) in [5.74, 6) is 1.13. The van der Waals surface area contributed by atoms with Gasteiger partial charge in [0, 0.05) is 31.9 Å². The van der Waals surface area contributed by atoms with E-state index in [-0.39, 0.29) is 0 Å². The van der Waals surface area contributed by atoms with E-state index in [1.54, 1.807) is 0 Å². The van der Waals surface area contributed by atoms with Crippen LogP contribution in [0, 0.1) is 0 Å². The van der Waals surface area contributed by atoms with Gasteiger partial charge in [-0.3, -0.25) is 9.89 Å². The van der Waals surface area contributed by atoms with E-state index in [0.29, 0.717) is 0 Å². The molecule has 0 aromatic carbocycles. The average molecular weight is 215 g/mol. The maximum Gasteiger partial charge on any atom is 0.156 e. The fourth-order valence-corrected chi connectivity index (χ4v) is 2.50. The van der Waals surface area contributed by atoms with Crippen LogP contribution in [-0.2, 0) is 4.74 Å². The number of rotatable bonds is 3. The van der Waals surface area contributed by atoms with Crippen LogP contribution in [0.2, 0.25) is 0 Å². The maximum absolute atomic E-state index is 5.29. The molecule has 0 radical (unpaired) electrons. The van der Waals surface area contributed by atoms with Gasteiger partial charge in [-0.05, 0) is 0 Å². The Balaban J connectivity index is 1.57. The van der Waals surface area contributed by atoms with Gasteiger partial charge in [0.05, 0.1) is 19.8 Å². The topological polar surface area (TPSA) is 36.9 Å². The SMILES string of the molecule is C1CNC(SCCN2CCOCC2)=N1. The van der Waals surface area contributed by atoms with E-state index in [2.05, 4.69) is 15.2 Å². The minimum atomic E-state index is 0.893. The summed E-state index contributed by atoms with van der Waals surface area (Å²) >= 11 is 1.83. The van der Waals surface area contributed by atoms with E-state index in [4.69, 9.17) is 4.74 Å². The summed E-state index contributed by atoms with van der Waals surface area (Å²) < 4.78 is 5.29. The first-order valence-corrected chi connectivity index (χ1v) is 6.15. The zero-order valence-corrected chi connectivity index (χ0v) is 9.18. The van der Waals surface area contributed by atoms with Crippen LogP contribution in [0.25, 0.3) is 0 Å². The first-order chi connectivity index (χ1) is 6.95. The highest BCUT2D eigenvalue weighted by Gasteiger charge is 2.11. The summed E-state index contributed by atoms with van der Waals surface area (Å²) in [6.07, 6.45) is 0. The number of ether oxygens (including phenoxy) is 1. The first kappa shape index (κ1) is 10.3. The molecule has 2 aliphatic rings. The molecule has 80 valence electrons. The predicted octanol–water partition coefficient (Wildman–Crippen LogP) is 0.0110. The van der Waals surface area contributed by atoms with Gasteiger partial charge in [0.2, 0.25) is 0 Å². The Kier molecular flexibility index (Phi) is 4.09. The molecule has 1 fully saturated rings. The molecule has 0 saturated carbocycles. The zero-order valence-electron chi connectivity index (χ0n) is 8.37. The number of hydrogen-bond donors (Lipinski definition) is 1. The molecule has 5 heteroatoms. The fourth-order valence-electron chi connectivity index (χ4n) is 1.57. The first-order valence-electron chi connectivity index (χ1n) is 5.16. The summed E-state index contributed by atoms with van der Waals surface area (Å²) in [7, 11) is 0. The van der Waals surface area contributed by atoms with Crippen molar-refractivity contribution in [2.75, 3.05) is 51.7 Å². The van der Waals surface area contributed by atoms with Gasteiger partial charge in [0.15, 0.2) is 5.17 Å². The molecular weight excluding hydrogens is 198 g/mol. The Morgan fingerprint density at radius 2 is 2.29 bits per heavy atom. The molecule has 4 nitrogen and oxygen atoms in total. The van der Waals surface area contributed by atoms with Crippen molar-refractivity contribution in [1.82, 2.24) is 10.2 Å². The summed E-state index contributed by atoms with van der Waals surface area (Å²) in [5.41, 5.74) is 0. The summed E-state index contributed by atoms with van der Waals surface area (Å²) in [6.45, 7) is 7.06. The van der Waals surface area contributed by atoms with Crippen LogP contribution >= 0.6 is 11.8 Å². The largest absolute Gasteiger partial charge is 0.379 e. The highest BCUT2D eigenvalue weighted by Crippen LogP contribution is 2.06. The van der Waals surface area contributed by atoms with Gasteiger partial charge < -0.3 is 10.1 Å².